The molecule has 1 saturated heterocycles. The summed E-state index contributed by atoms with van der Waals surface area (Å²) in [6.07, 6.45) is 4.28. The van der Waals surface area contributed by atoms with E-state index in [4.69, 9.17) is 4.74 Å². The number of hydrogen-bond donors (Lipinski definition) is 0. The molecule has 17 heavy (non-hydrogen) atoms. The largest absolute Gasteiger partial charge is 0.357 e. The van der Waals surface area contributed by atoms with Crippen molar-refractivity contribution in [2.45, 2.75) is 65.1 Å². The average Bonchev–Trinajstić information content (AvgIpc) is 2.98. The number of carbonyl (C=O) groups is 1. The van der Waals surface area contributed by atoms with Crippen molar-refractivity contribution >= 4 is 5.78 Å². The van der Waals surface area contributed by atoms with Crippen molar-refractivity contribution in [1.82, 2.24) is 0 Å². The second-order valence-corrected chi connectivity index (χ2v) is 7.12. The fourth-order valence-electron chi connectivity index (χ4n) is 4.45. The van der Waals surface area contributed by atoms with Gasteiger partial charge in [-0.05, 0) is 37.0 Å². The number of carbonyl (C=O) groups excluding carboxylic acids is 1. The number of epoxide rings is 1. The zero-order chi connectivity index (χ0) is 12.4. The van der Waals surface area contributed by atoms with Gasteiger partial charge in [-0.25, -0.2) is 0 Å². The molecule has 3 aliphatic rings. The Morgan fingerprint density at radius 3 is 2.76 bits per heavy atom. The van der Waals surface area contributed by atoms with Gasteiger partial charge in [-0.15, -0.1) is 0 Å². The third-order valence-electron chi connectivity index (χ3n) is 6.06. The van der Waals surface area contributed by atoms with E-state index >= 15 is 0 Å². The highest BCUT2D eigenvalue weighted by molar-refractivity contribution is 5.89. The lowest BCUT2D eigenvalue weighted by Gasteiger charge is -2.50. The Kier molecular flexibility index (Phi) is 2.30. The molecule has 1 spiro atoms. The number of rotatable bonds is 1. The van der Waals surface area contributed by atoms with Gasteiger partial charge in [0, 0.05) is 11.8 Å². The van der Waals surface area contributed by atoms with E-state index in [1.54, 1.807) is 0 Å². The van der Waals surface area contributed by atoms with Gasteiger partial charge in [0.1, 0.15) is 11.7 Å². The molecule has 0 aromatic rings. The Balaban J connectivity index is 1.91. The van der Waals surface area contributed by atoms with Crippen molar-refractivity contribution in [2.75, 3.05) is 0 Å². The molecule has 1 heterocycles. The lowest BCUT2D eigenvalue weighted by Crippen LogP contribution is -2.52. The molecule has 0 aromatic heterocycles. The first-order valence-corrected chi connectivity index (χ1v) is 7.11. The van der Waals surface area contributed by atoms with Crippen molar-refractivity contribution in [2.24, 2.45) is 23.2 Å². The zero-order valence-corrected chi connectivity index (χ0v) is 11.5. The summed E-state index contributed by atoms with van der Waals surface area (Å²) in [5.41, 5.74) is 0.173. The minimum Gasteiger partial charge on any atom is -0.357 e. The van der Waals surface area contributed by atoms with Crippen molar-refractivity contribution in [3.63, 3.8) is 0 Å². The molecular formula is C15H24O2. The number of hydrogen-bond acceptors (Lipinski definition) is 2. The Bertz CT molecular complexity index is 362. The highest BCUT2D eigenvalue weighted by Gasteiger charge is 2.74. The Hall–Kier alpha value is -0.370. The lowest BCUT2D eigenvalue weighted by molar-refractivity contribution is -0.125. The van der Waals surface area contributed by atoms with Gasteiger partial charge in [0.05, 0.1) is 0 Å². The molecule has 2 aliphatic carbocycles. The average molecular weight is 236 g/mol. The van der Waals surface area contributed by atoms with Gasteiger partial charge < -0.3 is 4.74 Å². The van der Waals surface area contributed by atoms with Crippen LogP contribution in [-0.4, -0.2) is 17.5 Å². The van der Waals surface area contributed by atoms with E-state index in [0.717, 1.165) is 24.7 Å². The molecule has 2 heteroatoms. The SMILES string of the molecule is CC(C)C1CCC23OC2C(=O)CC(C)C3(C)C1. The fraction of sp³-hybridized carbons (Fsp3) is 0.933. The molecule has 3 rings (SSSR count). The van der Waals surface area contributed by atoms with Gasteiger partial charge in [-0.2, -0.15) is 0 Å². The third-order valence-corrected chi connectivity index (χ3v) is 6.06. The fourth-order valence-corrected chi connectivity index (χ4v) is 4.45. The predicted molar refractivity (Wildman–Crippen MR) is 66.7 cm³/mol. The molecule has 5 unspecified atom stereocenters. The summed E-state index contributed by atoms with van der Waals surface area (Å²) in [6.45, 7) is 9.28. The Labute approximate surface area is 104 Å². The zero-order valence-electron chi connectivity index (χ0n) is 11.5. The van der Waals surface area contributed by atoms with E-state index in [0.29, 0.717) is 11.7 Å². The molecule has 0 radical (unpaired) electrons. The molecule has 2 saturated carbocycles. The van der Waals surface area contributed by atoms with Gasteiger partial charge in [0.25, 0.3) is 0 Å². The van der Waals surface area contributed by atoms with E-state index in [-0.39, 0.29) is 17.1 Å². The minimum atomic E-state index is -0.0624. The second kappa shape index (κ2) is 3.34. The topological polar surface area (TPSA) is 29.6 Å². The Morgan fingerprint density at radius 1 is 1.41 bits per heavy atom. The molecule has 5 atom stereocenters. The molecule has 0 aromatic carbocycles. The van der Waals surface area contributed by atoms with Crippen LogP contribution in [0.25, 0.3) is 0 Å². The van der Waals surface area contributed by atoms with Gasteiger partial charge in [0.15, 0.2) is 5.78 Å². The lowest BCUT2D eigenvalue weighted by atomic mass is 9.52. The highest BCUT2D eigenvalue weighted by Crippen LogP contribution is 2.66. The molecule has 0 N–H and O–H groups in total. The monoisotopic (exact) mass is 236 g/mol. The summed E-state index contributed by atoms with van der Waals surface area (Å²) in [4.78, 5) is 11.9. The molecule has 2 nitrogen and oxygen atoms in total. The van der Waals surface area contributed by atoms with E-state index < -0.39 is 0 Å². The summed E-state index contributed by atoms with van der Waals surface area (Å²) in [5.74, 6) is 2.41. The first-order chi connectivity index (χ1) is 7.91. The maximum Gasteiger partial charge on any atom is 0.164 e. The van der Waals surface area contributed by atoms with Crippen LogP contribution in [0.2, 0.25) is 0 Å². The first kappa shape index (κ1) is 11.7. The summed E-state index contributed by atoms with van der Waals surface area (Å²) >= 11 is 0. The van der Waals surface area contributed by atoms with Crippen molar-refractivity contribution in [3.8, 4) is 0 Å². The van der Waals surface area contributed by atoms with Crippen LogP contribution in [0.3, 0.4) is 0 Å². The highest BCUT2D eigenvalue weighted by atomic mass is 16.6. The van der Waals surface area contributed by atoms with E-state index in [9.17, 15) is 4.79 Å². The van der Waals surface area contributed by atoms with Crippen molar-refractivity contribution < 1.29 is 9.53 Å². The number of Topliss-reactive ketones (excluding diaryl/α,β-unsaturated/α-hetero) is 1. The normalized spacial score (nSPS) is 53.2. The van der Waals surface area contributed by atoms with Gasteiger partial charge in [-0.3, -0.25) is 4.79 Å². The molecule has 0 bridgehead atoms. The minimum absolute atomic E-state index is 0.0446. The maximum atomic E-state index is 11.9. The smallest absolute Gasteiger partial charge is 0.164 e. The van der Waals surface area contributed by atoms with Crippen LogP contribution in [0, 0.1) is 23.2 Å². The van der Waals surface area contributed by atoms with Gasteiger partial charge in [0.2, 0.25) is 0 Å². The van der Waals surface area contributed by atoms with Crippen LogP contribution in [-0.2, 0) is 9.53 Å². The Morgan fingerprint density at radius 2 is 2.12 bits per heavy atom. The van der Waals surface area contributed by atoms with Gasteiger partial charge in [-0.1, -0.05) is 27.7 Å². The standard InChI is InChI=1S/C15H24O2/c1-9(2)11-5-6-15-13(17-15)12(16)7-10(3)14(15,4)8-11/h9-11,13H,5-8H2,1-4H3. The summed E-state index contributed by atoms with van der Waals surface area (Å²) in [7, 11) is 0. The molecule has 0 amide bonds. The van der Waals surface area contributed by atoms with Crippen LogP contribution < -0.4 is 0 Å². The van der Waals surface area contributed by atoms with E-state index in [1.807, 2.05) is 0 Å². The summed E-state index contributed by atoms with van der Waals surface area (Å²) in [5, 5.41) is 0. The van der Waals surface area contributed by atoms with E-state index in [1.165, 1.54) is 12.8 Å². The van der Waals surface area contributed by atoms with Crippen LogP contribution >= 0.6 is 0 Å². The number of ether oxygens (including phenoxy) is 1. The summed E-state index contributed by atoms with van der Waals surface area (Å²) < 4.78 is 5.93. The third kappa shape index (κ3) is 1.34. The van der Waals surface area contributed by atoms with Crippen LogP contribution in [0.5, 0.6) is 0 Å². The van der Waals surface area contributed by atoms with Crippen LogP contribution in [0.4, 0.5) is 0 Å². The molecule has 96 valence electrons. The quantitative estimate of drug-likeness (QED) is 0.654. The maximum absolute atomic E-state index is 11.9. The summed E-state index contributed by atoms with van der Waals surface area (Å²) in [6, 6.07) is 0. The van der Waals surface area contributed by atoms with E-state index in [2.05, 4.69) is 27.7 Å². The van der Waals surface area contributed by atoms with Crippen LogP contribution in [0.15, 0.2) is 0 Å². The van der Waals surface area contributed by atoms with Crippen LogP contribution in [0.1, 0.15) is 53.4 Å². The van der Waals surface area contributed by atoms with Crippen molar-refractivity contribution in [1.29, 1.82) is 0 Å². The molecule has 3 fully saturated rings. The predicted octanol–water partition coefficient (Wildman–Crippen LogP) is 3.20. The molecular weight excluding hydrogens is 212 g/mol. The number of ketones is 1. The molecule has 1 aliphatic heterocycles. The van der Waals surface area contributed by atoms with Gasteiger partial charge >= 0.3 is 0 Å². The second-order valence-electron chi connectivity index (χ2n) is 7.12. The first-order valence-electron chi connectivity index (χ1n) is 7.11. The van der Waals surface area contributed by atoms with Crippen molar-refractivity contribution in [3.05, 3.63) is 0 Å².